The summed E-state index contributed by atoms with van der Waals surface area (Å²) in [6, 6.07) is 9.51. The minimum atomic E-state index is -0.137. The van der Waals surface area contributed by atoms with Crippen molar-refractivity contribution in [2.24, 2.45) is 5.73 Å². The highest BCUT2D eigenvalue weighted by Gasteiger charge is 2.22. The van der Waals surface area contributed by atoms with Crippen LogP contribution in [0.1, 0.15) is 24.3 Å². The molecule has 2 nitrogen and oxygen atoms in total. The molecule has 0 aliphatic heterocycles. The fraction of sp³-hybridized carbons (Fsp3) is 0.286. The Labute approximate surface area is 130 Å². The Morgan fingerprint density at radius 3 is 2.79 bits per heavy atom. The van der Waals surface area contributed by atoms with E-state index in [1.165, 1.54) is 0 Å². The van der Waals surface area contributed by atoms with E-state index < -0.39 is 0 Å². The molecule has 1 aromatic carbocycles. The summed E-state index contributed by atoms with van der Waals surface area (Å²) >= 11 is 11.1. The Bertz CT molecular complexity index is 532. The highest BCUT2D eigenvalue weighted by molar-refractivity contribution is 9.10. The van der Waals surface area contributed by atoms with E-state index in [2.05, 4.69) is 28.9 Å². The summed E-state index contributed by atoms with van der Waals surface area (Å²) in [7, 11) is 0. The third kappa shape index (κ3) is 3.72. The van der Waals surface area contributed by atoms with Gasteiger partial charge in [-0.2, -0.15) is 0 Å². The van der Waals surface area contributed by atoms with Gasteiger partial charge in [0.15, 0.2) is 0 Å². The third-order valence-electron chi connectivity index (χ3n) is 2.83. The van der Waals surface area contributed by atoms with Crippen LogP contribution >= 0.6 is 38.9 Å². The van der Waals surface area contributed by atoms with Crippen molar-refractivity contribution in [1.29, 1.82) is 0 Å². The fourth-order valence-electron chi connectivity index (χ4n) is 1.73. The minimum Gasteiger partial charge on any atom is -0.482 e. The van der Waals surface area contributed by atoms with Crippen LogP contribution < -0.4 is 10.5 Å². The summed E-state index contributed by atoms with van der Waals surface area (Å²) in [6.45, 7) is 2.06. The van der Waals surface area contributed by atoms with Gasteiger partial charge < -0.3 is 10.5 Å². The molecule has 2 unspecified atom stereocenters. The lowest BCUT2D eigenvalue weighted by Gasteiger charge is -2.24. The minimum absolute atomic E-state index is 0.0405. The number of rotatable bonds is 5. The Morgan fingerprint density at radius 2 is 2.21 bits per heavy atom. The van der Waals surface area contributed by atoms with Gasteiger partial charge in [0, 0.05) is 15.9 Å². The standard InChI is InChI=1S/C14H15BrClNOS/c1-2-11(17)14(13-4-3-7-19-13)18-12-6-5-9(16)8-10(12)15/h3-8,11,14H,2,17H2,1H3. The van der Waals surface area contributed by atoms with Gasteiger partial charge in [0.1, 0.15) is 11.9 Å². The second-order valence-corrected chi connectivity index (χ2v) is 6.47. The highest BCUT2D eigenvalue weighted by Crippen LogP contribution is 2.34. The molecule has 0 fully saturated rings. The Balaban J connectivity index is 2.25. The van der Waals surface area contributed by atoms with Crippen molar-refractivity contribution in [2.45, 2.75) is 25.5 Å². The SMILES string of the molecule is CCC(N)C(Oc1ccc(Cl)cc1Br)c1cccs1. The summed E-state index contributed by atoms with van der Waals surface area (Å²) in [5.74, 6) is 0.756. The molecule has 0 saturated carbocycles. The molecule has 19 heavy (non-hydrogen) atoms. The second kappa shape index (κ2) is 6.75. The molecule has 0 aliphatic carbocycles. The number of hydrogen-bond donors (Lipinski definition) is 1. The molecular formula is C14H15BrClNOS. The topological polar surface area (TPSA) is 35.2 Å². The quantitative estimate of drug-likeness (QED) is 0.812. The van der Waals surface area contributed by atoms with Gasteiger partial charge in [0.05, 0.1) is 4.47 Å². The zero-order chi connectivity index (χ0) is 13.8. The monoisotopic (exact) mass is 359 g/mol. The van der Waals surface area contributed by atoms with Crippen LogP contribution in [0.5, 0.6) is 5.75 Å². The molecule has 1 heterocycles. The molecular weight excluding hydrogens is 346 g/mol. The van der Waals surface area contributed by atoms with E-state index in [0.717, 1.165) is 21.5 Å². The Morgan fingerprint density at radius 1 is 1.42 bits per heavy atom. The summed E-state index contributed by atoms with van der Waals surface area (Å²) in [4.78, 5) is 1.14. The largest absolute Gasteiger partial charge is 0.482 e. The molecule has 0 aliphatic rings. The van der Waals surface area contributed by atoms with Crippen LogP contribution in [0.15, 0.2) is 40.2 Å². The maximum absolute atomic E-state index is 6.18. The molecule has 5 heteroatoms. The van der Waals surface area contributed by atoms with E-state index in [4.69, 9.17) is 22.1 Å². The van der Waals surface area contributed by atoms with E-state index in [1.807, 2.05) is 29.6 Å². The third-order valence-corrected chi connectivity index (χ3v) is 4.62. The van der Waals surface area contributed by atoms with Crippen molar-refractivity contribution >= 4 is 38.9 Å². The van der Waals surface area contributed by atoms with Crippen molar-refractivity contribution in [3.8, 4) is 5.75 Å². The predicted octanol–water partition coefficient (Wildman–Crippen LogP) is 5.02. The van der Waals surface area contributed by atoms with Gasteiger partial charge >= 0.3 is 0 Å². The van der Waals surface area contributed by atoms with Gasteiger partial charge in [0.25, 0.3) is 0 Å². The first kappa shape index (κ1) is 14.9. The van der Waals surface area contributed by atoms with Crippen molar-refractivity contribution in [1.82, 2.24) is 0 Å². The van der Waals surface area contributed by atoms with Crippen LogP contribution in [0.3, 0.4) is 0 Å². The van der Waals surface area contributed by atoms with E-state index >= 15 is 0 Å². The van der Waals surface area contributed by atoms with Crippen LogP contribution in [0, 0.1) is 0 Å². The number of nitrogens with two attached hydrogens (primary N) is 1. The highest BCUT2D eigenvalue weighted by atomic mass is 79.9. The molecule has 0 bridgehead atoms. The van der Waals surface area contributed by atoms with Crippen molar-refractivity contribution < 1.29 is 4.74 Å². The van der Waals surface area contributed by atoms with Crippen LogP contribution in [-0.4, -0.2) is 6.04 Å². The zero-order valence-corrected chi connectivity index (χ0v) is 13.6. The summed E-state index contributed by atoms with van der Waals surface area (Å²) in [5.41, 5.74) is 6.18. The molecule has 102 valence electrons. The van der Waals surface area contributed by atoms with Gasteiger partial charge in [-0.05, 0) is 52.0 Å². The van der Waals surface area contributed by atoms with E-state index in [-0.39, 0.29) is 12.1 Å². The molecule has 1 aromatic heterocycles. The molecule has 2 atom stereocenters. The number of thiophene rings is 1. The van der Waals surface area contributed by atoms with Crippen molar-refractivity contribution in [3.63, 3.8) is 0 Å². The molecule has 0 spiro atoms. The molecule has 0 saturated heterocycles. The summed E-state index contributed by atoms with van der Waals surface area (Å²) < 4.78 is 6.92. The maximum atomic E-state index is 6.18. The lowest BCUT2D eigenvalue weighted by atomic mass is 10.1. The average molecular weight is 361 g/mol. The average Bonchev–Trinajstić information content (AvgIpc) is 2.91. The first-order valence-corrected chi connectivity index (χ1v) is 8.07. The predicted molar refractivity (Wildman–Crippen MR) is 85.1 cm³/mol. The maximum Gasteiger partial charge on any atom is 0.148 e. The van der Waals surface area contributed by atoms with Crippen LogP contribution in [0.25, 0.3) is 0 Å². The van der Waals surface area contributed by atoms with Gasteiger partial charge in [-0.3, -0.25) is 0 Å². The summed E-state index contributed by atoms with van der Waals surface area (Å²) in [5, 5.41) is 2.71. The lowest BCUT2D eigenvalue weighted by molar-refractivity contribution is 0.173. The first-order valence-electron chi connectivity index (χ1n) is 6.02. The Kier molecular flexibility index (Phi) is 5.28. The second-order valence-electron chi connectivity index (χ2n) is 4.20. The van der Waals surface area contributed by atoms with Crippen LogP contribution in [0.4, 0.5) is 0 Å². The molecule has 2 N–H and O–H groups in total. The number of benzene rings is 1. The molecule has 2 aromatic rings. The zero-order valence-electron chi connectivity index (χ0n) is 10.5. The number of halogens is 2. The van der Waals surface area contributed by atoms with Gasteiger partial charge in [-0.1, -0.05) is 24.6 Å². The van der Waals surface area contributed by atoms with Crippen LogP contribution in [0.2, 0.25) is 5.02 Å². The van der Waals surface area contributed by atoms with Crippen molar-refractivity contribution in [3.05, 3.63) is 50.1 Å². The fourth-order valence-corrected chi connectivity index (χ4v) is 3.34. The van der Waals surface area contributed by atoms with E-state index in [9.17, 15) is 0 Å². The van der Waals surface area contributed by atoms with E-state index in [1.54, 1.807) is 11.3 Å². The number of hydrogen-bond acceptors (Lipinski definition) is 3. The van der Waals surface area contributed by atoms with Gasteiger partial charge in [-0.15, -0.1) is 11.3 Å². The molecule has 0 radical (unpaired) electrons. The lowest BCUT2D eigenvalue weighted by Crippen LogP contribution is -2.31. The van der Waals surface area contributed by atoms with Crippen molar-refractivity contribution in [2.75, 3.05) is 0 Å². The van der Waals surface area contributed by atoms with Gasteiger partial charge in [-0.25, -0.2) is 0 Å². The summed E-state index contributed by atoms with van der Waals surface area (Å²) in [6.07, 6.45) is 0.718. The molecule has 2 rings (SSSR count). The molecule has 0 amide bonds. The van der Waals surface area contributed by atoms with Crippen LogP contribution in [-0.2, 0) is 0 Å². The number of ether oxygens (including phenoxy) is 1. The normalized spacial score (nSPS) is 14.1. The van der Waals surface area contributed by atoms with E-state index in [0.29, 0.717) is 5.02 Å². The Hall–Kier alpha value is -0.550. The smallest absolute Gasteiger partial charge is 0.148 e. The van der Waals surface area contributed by atoms with Gasteiger partial charge in [0.2, 0.25) is 0 Å². The first-order chi connectivity index (χ1) is 9.11.